The molecule has 2 aromatic rings. The Morgan fingerprint density at radius 3 is 2.79 bits per heavy atom. The first-order chi connectivity index (χ1) is 9.11. The zero-order chi connectivity index (χ0) is 13.8. The summed E-state index contributed by atoms with van der Waals surface area (Å²) >= 11 is 0. The van der Waals surface area contributed by atoms with Gasteiger partial charge in [0.1, 0.15) is 5.82 Å². The summed E-state index contributed by atoms with van der Waals surface area (Å²) in [5.41, 5.74) is 0.800. The van der Waals surface area contributed by atoms with Gasteiger partial charge in [-0.1, -0.05) is 19.1 Å². The van der Waals surface area contributed by atoms with Gasteiger partial charge in [-0.3, -0.25) is 9.48 Å². The van der Waals surface area contributed by atoms with Crippen LogP contribution >= 0.6 is 0 Å². The van der Waals surface area contributed by atoms with E-state index >= 15 is 0 Å². The van der Waals surface area contributed by atoms with Crippen LogP contribution < -0.4 is 0 Å². The zero-order valence-corrected chi connectivity index (χ0v) is 11.1. The molecule has 0 aliphatic heterocycles. The molecule has 0 radical (unpaired) electrons. The molecule has 0 saturated heterocycles. The molecule has 0 saturated carbocycles. The fourth-order valence-electron chi connectivity index (χ4n) is 1.85. The number of hydrogen-bond acceptors (Lipinski definition) is 2. The van der Waals surface area contributed by atoms with Gasteiger partial charge in [0.25, 0.3) is 0 Å². The number of aromatic nitrogens is 2. The van der Waals surface area contributed by atoms with Gasteiger partial charge in [-0.05, 0) is 31.5 Å². The number of ketones is 1. The number of nitrogens with zero attached hydrogens (tertiary/aromatic N) is 2. The van der Waals surface area contributed by atoms with Gasteiger partial charge in [0, 0.05) is 12.2 Å². The molecule has 1 unspecified atom stereocenters. The van der Waals surface area contributed by atoms with Crippen molar-refractivity contribution in [2.75, 3.05) is 0 Å². The van der Waals surface area contributed by atoms with Crippen molar-refractivity contribution in [3.8, 4) is 0 Å². The molecule has 1 heterocycles. The molecule has 0 aliphatic rings. The summed E-state index contributed by atoms with van der Waals surface area (Å²) in [6.07, 6.45) is 2.96. The molecule has 0 spiro atoms. The first-order valence-corrected chi connectivity index (χ1v) is 6.43. The summed E-state index contributed by atoms with van der Waals surface area (Å²) in [5, 5.41) is 4.35. The fourth-order valence-corrected chi connectivity index (χ4v) is 1.85. The number of carbonyl (C=O) groups excluding carboxylic acids is 1. The highest BCUT2D eigenvalue weighted by atomic mass is 19.1. The average Bonchev–Trinajstić information content (AvgIpc) is 2.86. The lowest BCUT2D eigenvalue weighted by Gasteiger charge is -2.08. The number of halogens is 1. The van der Waals surface area contributed by atoms with Crippen molar-refractivity contribution in [2.45, 2.75) is 32.7 Å². The van der Waals surface area contributed by atoms with Crippen molar-refractivity contribution >= 4 is 5.78 Å². The second-order valence-corrected chi connectivity index (χ2v) is 4.62. The van der Waals surface area contributed by atoms with Gasteiger partial charge in [0.05, 0.1) is 17.7 Å². The smallest absolute Gasteiger partial charge is 0.171 e. The van der Waals surface area contributed by atoms with Crippen molar-refractivity contribution in [3.05, 3.63) is 53.6 Å². The summed E-state index contributed by atoms with van der Waals surface area (Å²) in [7, 11) is 0. The fraction of sp³-hybridized carbons (Fsp3) is 0.333. The van der Waals surface area contributed by atoms with Crippen LogP contribution in [0.2, 0.25) is 0 Å². The molecule has 2 rings (SSSR count). The van der Waals surface area contributed by atoms with Crippen LogP contribution in [0.15, 0.2) is 36.5 Å². The molecule has 0 fully saturated rings. The van der Waals surface area contributed by atoms with E-state index in [4.69, 9.17) is 0 Å². The predicted molar refractivity (Wildman–Crippen MR) is 71.7 cm³/mol. The topological polar surface area (TPSA) is 34.9 Å². The van der Waals surface area contributed by atoms with Crippen LogP contribution in [0.25, 0.3) is 0 Å². The van der Waals surface area contributed by atoms with E-state index in [-0.39, 0.29) is 17.8 Å². The van der Waals surface area contributed by atoms with Crippen LogP contribution in [0.4, 0.5) is 4.39 Å². The summed E-state index contributed by atoms with van der Waals surface area (Å²) < 4.78 is 15.3. The maximum absolute atomic E-state index is 13.5. The lowest BCUT2D eigenvalue weighted by Crippen LogP contribution is -2.09. The van der Waals surface area contributed by atoms with Gasteiger partial charge < -0.3 is 0 Å². The van der Waals surface area contributed by atoms with Crippen molar-refractivity contribution in [3.63, 3.8) is 0 Å². The predicted octanol–water partition coefficient (Wildman–Crippen LogP) is 3.42. The minimum atomic E-state index is -0.478. The lowest BCUT2D eigenvalue weighted by molar-refractivity contribution is 0.0988. The number of Topliss-reactive ketones (excluding diaryl/α,β-unsaturated/α-hetero) is 1. The Morgan fingerprint density at radius 1 is 1.37 bits per heavy atom. The first-order valence-electron chi connectivity index (χ1n) is 6.43. The van der Waals surface area contributed by atoms with Gasteiger partial charge in [-0.15, -0.1) is 0 Å². The van der Waals surface area contributed by atoms with Crippen LogP contribution in [0.3, 0.4) is 0 Å². The Kier molecular flexibility index (Phi) is 4.10. The number of rotatable bonds is 5. The van der Waals surface area contributed by atoms with Gasteiger partial charge in [0.15, 0.2) is 5.78 Å². The lowest BCUT2D eigenvalue weighted by atomic mass is 10.1. The van der Waals surface area contributed by atoms with E-state index < -0.39 is 5.82 Å². The largest absolute Gasteiger partial charge is 0.294 e. The van der Waals surface area contributed by atoms with Gasteiger partial charge in [-0.25, -0.2) is 4.39 Å². The Hall–Kier alpha value is -1.97. The van der Waals surface area contributed by atoms with E-state index in [9.17, 15) is 9.18 Å². The first kappa shape index (κ1) is 13.5. The Balaban J connectivity index is 2.11. The second kappa shape index (κ2) is 5.78. The van der Waals surface area contributed by atoms with Gasteiger partial charge >= 0.3 is 0 Å². The van der Waals surface area contributed by atoms with E-state index in [0.717, 1.165) is 6.42 Å². The summed E-state index contributed by atoms with van der Waals surface area (Å²) in [4.78, 5) is 12.0. The Bertz CT molecular complexity index is 577. The van der Waals surface area contributed by atoms with Crippen molar-refractivity contribution in [1.29, 1.82) is 0 Å². The summed E-state index contributed by atoms with van der Waals surface area (Å²) in [5.74, 6) is -0.721. The second-order valence-electron chi connectivity index (χ2n) is 4.62. The van der Waals surface area contributed by atoms with Crippen molar-refractivity contribution in [1.82, 2.24) is 9.78 Å². The van der Waals surface area contributed by atoms with Crippen LogP contribution in [-0.4, -0.2) is 15.6 Å². The molecular formula is C15H17FN2O. The highest BCUT2D eigenvalue weighted by molar-refractivity contribution is 5.97. The van der Waals surface area contributed by atoms with Gasteiger partial charge in [-0.2, -0.15) is 5.10 Å². The molecule has 0 bridgehead atoms. The Morgan fingerprint density at radius 2 is 2.11 bits per heavy atom. The molecule has 1 aromatic heterocycles. The highest BCUT2D eigenvalue weighted by Crippen LogP contribution is 2.13. The molecule has 100 valence electrons. The standard InChI is InChI=1S/C15H17FN2O/c1-3-11(2)18-9-8-12(17-18)10-15(19)13-6-4-5-7-14(13)16/h4-9,11H,3,10H2,1-2H3. The molecular weight excluding hydrogens is 243 g/mol. The zero-order valence-electron chi connectivity index (χ0n) is 11.1. The average molecular weight is 260 g/mol. The maximum Gasteiger partial charge on any atom is 0.171 e. The van der Waals surface area contributed by atoms with Crippen LogP contribution in [0.1, 0.15) is 42.4 Å². The summed E-state index contributed by atoms with van der Waals surface area (Å²) in [6.45, 7) is 4.14. The van der Waals surface area contributed by atoms with Crippen molar-refractivity contribution < 1.29 is 9.18 Å². The van der Waals surface area contributed by atoms with Crippen LogP contribution in [-0.2, 0) is 6.42 Å². The number of hydrogen-bond donors (Lipinski definition) is 0. The summed E-state index contributed by atoms with van der Waals surface area (Å²) in [6, 6.07) is 8.15. The molecule has 1 atom stereocenters. The van der Waals surface area contributed by atoms with E-state index in [0.29, 0.717) is 11.7 Å². The molecule has 0 amide bonds. The van der Waals surface area contributed by atoms with Crippen LogP contribution in [0.5, 0.6) is 0 Å². The number of benzene rings is 1. The highest BCUT2D eigenvalue weighted by Gasteiger charge is 2.13. The monoisotopic (exact) mass is 260 g/mol. The Labute approximate surface area is 112 Å². The SMILES string of the molecule is CCC(C)n1ccc(CC(=O)c2ccccc2F)n1. The third-order valence-corrected chi connectivity index (χ3v) is 3.22. The minimum absolute atomic E-state index is 0.126. The normalized spacial score (nSPS) is 12.4. The maximum atomic E-state index is 13.5. The van der Waals surface area contributed by atoms with Gasteiger partial charge in [0.2, 0.25) is 0 Å². The molecule has 19 heavy (non-hydrogen) atoms. The third kappa shape index (κ3) is 3.08. The van der Waals surface area contributed by atoms with E-state index in [2.05, 4.69) is 18.9 Å². The number of carbonyl (C=O) groups is 1. The molecule has 0 aliphatic carbocycles. The van der Waals surface area contributed by atoms with Crippen LogP contribution in [0, 0.1) is 5.82 Å². The van der Waals surface area contributed by atoms with E-state index in [1.807, 2.05) is 16.9 Å². The van der Waals surface area contributed by atoms with E-state index in [1.54, 1.807) is 12.1 Å². The van der Waals surface area contributed by atoms with E-state index in [1.165, 1.54) is 12.1 Å². The molecule has 1 aromatic carbocycles. The van der Waals surface area contributed by atoms with Crippen molar-refractivity contribution in [2.24, 2.45) is 0 Å². The quantitative estimate of drug-likeness (QED) is 0.772. The molecule has 0 N–H and O–H groups in total. The minimum Gasteiger partial charge on any atom is -0.294 e. The molecule has 3 nitrogen and oxygen atoms in total. The third-order valence-electron chi connectivity index (χ3n) is 3.22. The molecule has 4 heteroatoms.